The number of allylic oxidation sites excluding steroid dienone is 6. The normalized spacial score (nSPS) is 15.6. The lowest BCUT2D eigenvalue weighted by Crippen LogP contribution is -2.12. The smallest absolute Gasteiger partial charge is 0.0401 e. The van der Waals surface area contributed by atoms with Gasteiger partial charge in [0.1, 0.15) is 0 Å². The van der Waals surface area contributed by atoms with Crippen molar-refractivity contribution in [1.82, 2.24) is 20.9 Å². The highest BCUT2D eigenvalue weighted by Gasteiger charge is 2.13. The molecule has 204 valence electrons. The van der Waals surface area contributed by atoms with E-state index in [2.05, 4.69) is 130 Å². The molecule has 4 nitrogen and oxygen atoms in total. The van der Waals surface area contributed by atoms with E-state index in [1.54, 1.807) is 0 Å². The minimum Gasteiger partial charge on any atom is -0.387 e. The number of aromatic nitrogens is 1. The number of rotatable bonds is 6. The topological polar surface area (TPSA) is 49.0 Å². The monoisotopic (exact) mass is 544 g/mol. The fourth-order valence-electron chi connectivity index (χ4n) is 5.67. The maximum atomic E-state index is 4.39. The predicted molar refractivity (Wildman–Crippen MR) is 176 cm³/mol. The van der Waals surface area contributed by atoms with E-state index < -0.39 is 0 Å². The lowest BCUT2D eigenvalue weighted by Gasteiger charge is -2.17. The van der Waals surface area contributed by atoms with Crippen molar-refractivity contribution in [3.05, 3.63) is 157 Å². The highest BCUT2D eigenvalue weighted by Crippen LogP contribution is 2.35. The summed E-state index contributed by atoms with van der Waals surface area (Å²) < 4.78 is 0. The number of dihydropyridines is 3. The van der Waals surface area contributed by atoms with E-state index in [9.17, 15) is 0 Å². The van der Waals surface area contributed by atoms with Crippen LogP contribution in [0.15, 0.2) is 140 Å². The first-order valence-electron chi connectivity index (χ1n) is 14.4. The Morgan fingerprint density at radius 3 is 1.69 bits per heavy atom. The maximum absolute atomic E-state index is 4.39. The van der Waals surface area contributed by atoms with Crippen LogP contribution in [0.2, 0.25) is 0 Å². The SMILES string of the molecule is C1=CNCC(c2cc(C3=CNCC=C3)cc(-c3cccc(-c4cc(C5=CC=CNC5)cc(-c5cccnc5)c4)c3)c2)=C1. The van der Waals surface area contributed by atoms with Crippen molar-refractivity contribution in [2.24, 2.45) is 0 Å². The molecule has 0 aliphatic carbocycles. The number of hydrogen-bond acceptors (Lipinski definition) is 4. The first-order valence-corrected chi connectivity index (χ1v) is 14.4. The van der Waals surface area contributed by atoms with Gasteiger partial charge in [0.25, 0.3) is 0 Å². The molecule has 4 aromatic rings. The Morgan fingerprint density at radius 1 is 0.548 bits per heavy atom. The van der Waals surface area contributed by atoms with Crippen LogP contribution in [0.3, 0.4) is 0 Å². The second kappa shape index (κ2) is 11.6. The molecule has 0 unspecified atom stereocenters. The zero-order chi connectivity index (χ0) is 28.1. The van der Waals surface area contributed by atoms with E-state index in [1.807, 2.05) is 30.9 Å². The average Bonchev–Trinajstić information content (AvgIpc) is 3.09. The number of benzene rings is 3. The maximum Gasteiger partial charge on any atom is 0.0401 e. The molecule has 0 saturated carbocycles. The molecule has 3 aliphatic heterocycles. The van der Waals surface area contributed by atoms with Gasteiger partial charge in [-0.3, -0.25) is 4.98 Å². The van der Waals surface area contributed by atoms with Crippen LogP contribution in [0.5, 0.6) is 0 Å². The van der Waals surface area contributed by atoms with Crippen LogP contribution in [0.4, 0.5) is 0 Å². The zero-order valence-electron chi connectivity index (χ0n) is 23.3. The summed E-state index contributed by atoms with van der Waals surface area (Å²) in [5, 5.41) is 10.1. The molecule has 3 N–H and O–H groups in total. The first kappa shape index (κ1) is 25.6. The zero-order valence-corrected chi connectivity index (χ0v) is 23.3. The third-order valence-corrected chi connectivity index (χ3v) is 7.86. The lowest BCUT2D eigenvalue weighted by atomic mass is 9.90. The summed E-state index contributed by atoms with van der Waals surface area (Å²) in [7, 11) is 0. The van der Waals surface area contributed by atoms with E-state index >= 15 is 0 Å². The van der Waals surface area contributed by atoms with Gasteiger partial charge < -0.3 is 16.0 Å². The highest BCUT2D eigenvalue weighted by atomic mass is 14.8. The molecule has 1 aromatic heterocycles. The summed E-state index contributed by atoms with van der Waals surface area (Å²) in [5.41, 5.74) is 14.4. The van der Waals surface area contributed by atoms with Crippen molar-refractivity contribution in [3.8, 4) is 33.4 Å². The van der Waals surface area contributed by atoms with E-state index in [0.29, 0.717) is 0 Å². The van der Waals surface area contributed by atoms with Gasteiger partial charge in [-0.25, -0.2) is 0 Å². The molecular weight excluding hydrogens is 512 g/mol. The molecule has 42 heavy (non-hydrogen) atoms. The summed E-state index contributed by atoms with van der Waals surface area (Å²) in [6.07, 6.45) is 22.8. The van der Waals surface area contributed by atoms with Gasteiger partial charge in [-0.15, -0.1) is 0 Å². The van der Waals surface area contributed by atoms with Crippen LogP contribution in [-0.2, 0) is 0 Å². The average molecular weight is 545 g/mol. The molecule has 0 amide bonds. The van der Waals surface area contributed by atoms with Crippen LogP contribution < -0.4 is 16.0 Å². The van der Waals surface area contributed by atoms with Crippen LogP contribution in [0.1, 0.15) is 16.7 Å². The molecule has 7 rings (SSSR count). The van der Waals surface area contributed by atoms with Gasteiger partial charge in [0.05, 0.1) is 0 Å². The molecule has 3 aliphatic rings. The molecule has 0 atom stereocenters. The van der Waals surface area contributed by atoms with Gasteiger partial charge in [0, 0.05) is 43.8 Å². The third kappa shape index (κ3) is 5.48. The standard InChI is InChI=1S/C38H32N4/c1-6-27(33-17-35(29-8-2-12-39-23-29)21-36(18-33)30-9-3-13-40-24-30)16-28(7-1)34-19-37(31-10-4-14-41-25-31)22-38(20-34)32-11-5-15-42-26-32/h1-14,16-23,26,40-42H,15,24-25H2. The van der Waals surface area contributed by atoms with E-state index in [4.69, 9.17) is 0 Å². The summed E-state index contributed by atoms with van der Waals surface area (Å²) in [6.45, 7) is 2.48. The van der Waals surface area contributed by atoms with Gasteiger partial charge in [-0.05, 0) is 134 Å². The number of pyridine rings is 1. The Morgan fingerprint density at radius 2 is 1.12 bits per heavy atom. The largest absolute Gasteiger partial charge is 0.387 e. The Bertz CT molecular complexity index is 1820. The van der Waals surface area contributed by atoms with E-state index in [0.717, 1.165) is 30.8 Å². The third-order valence-electron chi connectivity index (χ3n) is 7.86. The van der Waals surface area contributed by atoms with Crippen molar-refractivity contribution in [2.45, 2.75) is 0 Å². The minimum atomic E-state index is 0.807. The lowest BCUT2D eigenvalue weighted by molar-refractivity contribution is 0.976. The molecule has 0 fully saturated rings. The van der Waals surface area contributed by atoms with Crippen LogP contribution >= 0.6 is 0 Å². The summed E-state index contributed by atoms with van der Waals surface area (Å²) >= 11 is 0. The fourth-order valence-corrected chi connectivity index (χ4v) is 5.67. The first-order chi connectivity index (χ1) is 20.8. The van der Waals surface area contributed by atoms with Gasteiger partial charge in [0.2, 0.25) is 0 Å². The molecule has 3 aromatic carbocycles. The van der Waals surface area contributed by atoms with Crippen molar-refractivity contribution >= 4 is 16.7 Å². The van der Waals surface area contributed by atoms with Gasteiger partial charge >= 0.3 is 0 Å². The molecule has 0 radical (unpaired) electrons. The molecule has 0 spiro atoms. The second-order valence-corrected chi connectivity index (χ2v) is 10.7. The number of nitrogens with one attached hydrogen (secondary N) is 3. The summed E-state index contributed by atoms with van der Waals surface area (Å²) in [4.78, 5) is 4.39. The molecular formula is C38H32N4. The molecule has 0 bridgehead atoms. The van der Waals surface area contributed by atoms with Crippen molar-refractivity contribution < 1.29 is 0 Å². The predicted octanol–water partition coefficient (Wildman–Crippen LogP) is 7.58. The van der Waals surface area contributed by atoms with Crippen molar-refractivity contribution in [3.63, 3.8) is 0 Å². The quantitative estimate of drug-likeness (QED) is 0.234. The van der Waals surface area contributed by atoms with Crippen molar-refractivity contribution in [1.29, 1.82) is 0 Å². The van der Waals surface area contributed by atoms with Gasteiger partial charge in [-0.2, -0.15) is 0 Å². The molecule has 0 saturated heterocycles. The van der Waals surface area contributed by atoms with Crippen LogP contribution in [-0.4, -0.2) is 24.6 Å². The number of hydrogen-bond donors (Lipinski definition) is 3. The van der Waals surface area contributed by atoms with Crippen molar-refractivity contribution in [2.75, 3.05) is 19.6 Å². The minimum absolute atomic E-state index is 0.807. The van der Waals surface area contributed by atoms with Gasteiger partial charge in [0.15, 0.2) is 0 Å². The molecule has 4 heteroatoms. The highest BCUT2D eigenvalue weighted by molar-refractivity contribution is 5.86. The van der Waals surface area contributed by atoms with E-state index in [1.165, 1.54) is 55.7 Å². The molecule has 4 heterocycles. The Balaban J connectivity index is 1.34. The Hall–Kier alpha value is -5.35. The van der Waals surface area contributed by atoms with E-state index in [-0.39, 0.29) is 0 Å². The van der Waals surface area contributed by atoms with Crippen LogP contribution in [0, 0.1) is 0 Å². The fraction of sp³-hybridized carbons (Fsp3) is 0.0789. The number of nitrogens with zero attached hydrogens (tertiary/aromatic N) is 1. The second-order valence-electron chi connectivity index (χ2n) is 10.7. The summed E-state index contributed by atoms with van der Waals surface area (Å²) in [5.74, 6) is 0. The van der Waals surface area contributed by atoms with Crippen LogP contribution in [0.25, 0.3) is 50.1 Å². The Kier molecular flexibility index (Phi) is 7.09. The Labute approximate surface area is 247 Å². The summed E-state index contributed by atoms with van der Waals surface area (Å²) in [6, 6.07) is 26.8. The van der Waals surface area contributed by atoms with Gasteiger partial charge in [-0.1, -0.05) is 48.6 Å².